The zero-order valence-electron chi connectivity index (χ0n) is 7.86. The van der Waals surface area contributed by atoms with Gasteiger partial charge in [0.05, 0.1) is 11.9 Å². The van der Waals surface area contributed by atoms with Crippen molar-refractivity contribution >= 4 is 5.69 Å². The van der Waals surface area contributed by atoms with E-state index in [4.69, 9.17) is 10.3 Å². The Morgan fingerprint density at radius 2 is 2.62 bits per heavy atom. The molecule has 1 aromatic rings. The first-order valence-corrected chi connectivity index (χ1v) is 4.66. The summed E-state index contributed by atoms with van der Waals surface area (Å²) in [5, 5.41) is 3.67. The van der Waals surface area contributed by atoms with E-state index in [0.717, 1.165) is 12.2 Å². The lowest BCUT2D eigenvalue weighted by atomic mass is 10.1. The zero-order valence-corrected chi connectivity index (χ0v) is 7.86. The maximum atomic E-state index is 5.69. The van der Waals surface area contributed by atoms with Gasteiger partial charge in [-0.1, -0.05) is 5.16 Å². The summed E-state index contributed by atoms with van der Waals surface area (Å²) in [6.07, 6.45) is 4.97. The third-order valence-corrected chi connectivity index (χ3v) is 2.77. The molecule has 1 aliphatic rings. The van der Waals surface area contributed by atoms with E-state index in [1.165, 1.54) is 19.4 Å². The van der Waals surface area contributed by atoms with Crippen LogP contribution in [0.4, 0.5) is 5.69 Å². The highest BCUT2D eigenvalue weighted by molar-refractivity contribution is 5.38. The monoisotopic (exact) mass is 181 g/mol. The number of anilines is 1. The largest absolute Gasteiger partial charge is 0.395 e. The molecule has 0 radical (unpaired) electrons. The first-order chi connectivity index (χ1) is 6.27. The van der Waals surface area contributed by atoms with Gasteiger partial charge in [0, 0.05) is 12.5 Å². The molecule has 2 heterocycles. The number of hydrogen-bond donors (Lipinski definition) is 1. The number of rotatable bonds is 2. The van der Waals surface area contributed by atoms with Crippen LogP contribution < -0.4 is 5.73 Å². The number of likely N-dealkylation sites (N-methyl/N-ethyl adjacent to an activating group) is 1. The lowest BCUT2D eigenvalue weighted by Crippen LogP contribution is -2.26. The zero-order chi connectivity index (χ0) is 9.26. The normalized spacial score (nSPS) is 23.9. The summed E-state index contributed by atoms with van der Waals surface area (Å²) in [6.45, 7) is 1.18. The summed E-state index contributed by atoms with van der Waals surface area (Å²) in [5.74, 6) is 0.832. The summed E-state index contributed by atoms with van der Waals surface area (Å²) >= 11 is 0. The highest BCUT2D eigenvalue weighted by Gasteiger charge is 2.23. The number of hydrogen-bond acceptors (Lipinski definition) is 4. The van der Waals surface area contributed by atoms with Crippen LogP contribution in [0.15, 0.2) is 10.7 Å². The molecular weight excluding hydrogens is 166 g/mol. The second kappa shape index (κ2) is 3.38. The molecule has 13 heavy (non-hydrogen) atoms. The Morgan fingerprint density at radius 1 is 1.77 bits per heavy atom. The third kappa shape index (κ3) is 1.67. The minimum Gasteiger partial charge on any atom is -0.395 e. The molecule has 0 bridgehead atoms. The van der Waals surface area contributed by atoms with Crippen LogP contribution in [0.1, 0.15) is 18.6 Å². The fraction of sp³-hybridized carbons (Fsp3) is 0.667. The van der Waals surface area contributed by atoms with E-state index in [1.54, 1.807) is 6.20 Å². The van der Waals surface area contributed by atoms with Crippen LogP contribution in [0.25, 0.3) is 0 Å². The number of likely N-dealkylation sites (tertiary alicyclic amines) is 1. The number of aromatic nitrogens is 1. The third-order valence-electron chi connectivity index (χ3n) is 2.77. The van der Waals surface area contributed by atoms with E-state index in [9.17, 15) is 0 Å². The molecule has 1 aliphatic heterocycles. The van der Waals surface area contributed by atoms with Crippen LogP contribution in [-0.4, -0.2) is 29.7 Å². The van der Waals surface area contributed by atoms with Crippen molar-refractivity contribution in [3.8, 4) is 0 Å². The minimum atomic E-state index is 0.579. The van der Waals surface area contributed by atoms with Gasteiger partial charge in [0.25, 0.3) is 0 Å². The molecule has 0 saturated carbocycles. The highest BCUT2D eigenvalue weighted by Crippen LogP contribution is 2.21. The van der Waals surface area contributed by atoms with Crippen LogP contribution >= 0.6 is 0 Å². The Hall–Kier alpha value is -1.03. The van der Waals surface area contributed by atoms with Gasteiger partial charge in [0.2, 0.25) is 0 Å². The molecule has 72 valence electrons. The molecule has 0 amide bonds. The Balaban J connectivity index is 2.01. The van der Waals surface area contributed by atoms with E-state index in [2.05, 4.69) is 17.1 Å². The average molecular weight is 181 g/mol. The second-order valence-corrected chi connectivity index (χ2v) is 3.69. The topological polar surface area (TPSA) is 55.3 Å². The van der Waals surface area contributed by atoms with E-state index in [1.807, 2.05) is 0 Å². The van der Waals surface area contributed by atoms with Crippen molar-refractivity contribution in [3.63, 3.8) is 0 Å². The first kappa shape index (κ1) is 8.56. The van der Waals surface area contributed by atoms with E-state index < -0.39 is 0 Å². The van der Waals surface area contributed by atoms with Gasteiger partial charge in [-0.05, 0) is 26.4 Å². The molecule has 1 fully saturated rings. The lowest BCUT2D eigenvalue weighted by Gasteiger charge is -2.17. The predicted octanol–water partition coefficient (Wildman–Crippen LogP) is 0.893. The molecule has 1 aromatic heterocycles. The molecule has 0 aliphatic carbocycles. The molecule has 2 rings (SSSR count). The number of nitrogen functional groups attached to an aromatic ring is 1. The standard InChI is InChI=1S/C9H15N3O/c1-12-4-2-3-7(12)5-9-8(10)6-11-13-9/h6-7H,2-5,10H2,1H3. The van der Waals surface area contributed by atoms with Crippen molar-refractivity contribution in [2.45, 2.75) is 25.3 Å². The Kier molecular flexibility index (Phi) is 2.22. The number of nitrogens with zero attached hydrogens (tertiary/aromatic N) is 2. The maximum absolute atomic E-state index is 5.69. The van der Waals surface area contributed by atoms with Crippen LogP contribution in [0, 0.1) is 0 Å². The summed E-state index contributed by atoms with van der Waals surface area (Å²) < 4.78 is 5.07. The van der Waals surface area contributed by atoms with Gasteiger partial charge in [-0.15, -0.1) is 0 Å². The van der Waals surface area contributed by atoms with Crippen molar-refractivity contribution in [1.29, 1.82) is 0 Å². The fourth-order valence-corrected chi connectivity index (χ4v) is 1.88. The van der Waals surface area contributed by atoms with Gasteiger partial charge >= 0.3 is 0 Å². The first-order valence-electron chi connectivity index (χ1n) is 4.66. The van der Waals surface area contributed by atoms with Crippen LogP contribution in [0.3, 0.4) is 0 Å². The molecule has 0 spiro atoms. The van der Waals surface area contributed by atoms with E-state index in [0.29, 0.717) is 11.7 Å². The van der Waals surface area contributed by atoms with Crippen molar-refractivity contribution < 1.29 is 4.52 Å². The van der Waals surface area contributed by atoms with E-state index in [-0.39, 0.29) is 0 Å². The van der Waals surface area contributed by atoms with Gasteiger partial charge in [0.15, 0.2) is 5.76 Å². The summed E-state index contributed by atoms with van der Waals surface area (Å²) in [5.41, 5.74) is 6.37. The molecule has 0 aromatic carbocycles. The lowest BCUT2D eigenvalue weighted by molar-refractivity contribution is 0.283. The highest BCUT2D eigenvalue weighted by atomic mass is 16.5. The van der Waals surface area contributed by atoms with Gasteiger partial charge < -0.3 is 15.2 Å². The number of nitrogens with two attached hydrogens (primary N) is 1. The van der Waals surface area contributed by atoms with Crippen molar-refractivity contribution in [1.82, 2.24) is 10.1 Å². The Bertz CT molecular complexity index is 284. The SMILES string of the molecule is CN1CCCC1Cc1oncc1N. The summed E-state index contributed by atoms with van der Waals surface area (Å²) in [7, 11) is 2.14. The molecule has 1 atom stereocenters. The minimum absolute atomic E-state index is 0.579. The molecular formula is C9H15N3O. The van der Waals surface area contributed by atoms with Crippen LogP contribution in [-0.2, 0) is 6.42 Å². The van der Waals surface area contributed by atoms with Crippen LogP contribution in [0.2, 0.25) is 0 Å². The fourth-order valence-electron chi connectivity index (χ4n) is 1.88. The molecule has 4 heteroatoms. The predicted molar refractivity (Wildman–Crippen MR) is 50.3 cm³/mol. The van der Waals surface area contributed by atoms with Crippen molar-refractivity contribution in [3.05, 3.63) is 12.0 Å². The Morgan fingerprint density at radius 3 is 3.15 bits per heavy atom. The summed E-state index contributed by atoms with van der Waals surface area (Å²) in [4.78, 5) is 2.35. The van der Waals surface area contributed by atoms with Crippen LogP contribution in [0.5, 0.6) is 0 Å². The van der Waals surface area contributed by atoms with Gasteiger partial charge in [-0.3, -0.25) is 0 Å². The van der Waals surface area contributed by atoms with E-state index >= 15 is 0 Å². The quantitative estimate of drug-likeness (QED) is 0.736. The second-order valence-electron chi connectivity index (χ2n) is 3.69. The molecule has 2 N–H and O–H groups in total. The maximum Gasteiger partial charge on any atom is 0.161 e. The molecule has 1 unspecified atom stereocenters. The smallest absolute Gasteiger partial charge is 0.161 e. The van der Waals surface area contributed by atoms with Gasteiger partial charge in [-0.25, -0.2) is 0 Å². The van der Waals surface area contributed by atoms with Crippen molar-refractivity contribution in [2.24, 2.45) is 0 Å². The summed E-state index contributed by atoms with van der Waals surface area (Å²) in [6, 6.07) is 0.579. The van der Waals surface area contributed by atoms with Gasteiger partial charge in [-0.2, -0.15) is 0 Å². The van der Waals surface area contributed by atoms with Crippen molar-refractivity contribution in [2.75, 3.05) is 19.3 Å². The van der Waals surface area contributed by atoms with Gasteiger partial charge in [0.1, 0.15) is 0 Å². The molecule has 1 saturated heterocycles. The average Bonchev–Trinajstić information content (AvgIpc) is 2.65. The Labute approximate surface area is 77.7 Å². The molecule has 4 nitrogen and oxygen atoms in total.